The van der Waals surface area contributed by atoms with Gasteiger partial charge in [-0.2, -0.15) is 0 Å². The summed E-state index contributed by atoms with van der Waals surface area (Å²) < 4.78 is 11.1. The van der Waals surface area contributed by atoms with Crippen molar-refractivity contribution < 1.29 is 14.3 Å². The van der Waals surface area contributed by atoms with E-state index in [2.05, 4.69) is 0 Å². The first-order chi connectivity index (χ1) is 7.97. The van der Waals surface area contributed by atoms with E-state index in [1.807, 2.05) is 38.3 Å². The molecule has 1 aliphatic heterocycles. The Bertz CT molecular complexity index is 378. The summed E-state index contributed by atoms with van der Waals surface area (Å²) >= 11 is 1.63. The fourth-order valence-electron chi connectivity index (χ4n) is 1.94. The van der Waals surface area contributed by atoms with Crippen LogP contribution in [-0.4, -0.2) is 18.2 Å². The van der Waals surface area contributed by atoms with Gasteiger partial charge in [0.1, 0.15) is 11.7 Å². The summed E-state index contributed by atoms with van der Waals surface area (Å²) in [6.45, 7) is 6.30. The zero-order chi connectivity index (χ0) is 12.5. The number of carbonyl (C=O) groups is 1. The van der Waals surface area contributed by atoms with Crippen molar-refractivity contribution in [3.63, 3.8) is 0 Å². The topological polar surface area (TPSA) is 35.5 Å². The average Bonchev–Trinajstić information content (AvgIpc) is 2.85. The van der Waals surface area contributed by atoms with Crippen LogP contribution in [0.3, 0.4) is 0 Å². The zero-order valence-corrected chi connectivity index (χ0v) is 11.3. The van der Waals surface area contributed by atoms with E-state index in [0.717, 1.165) is 11.3 Å². The van der Waals surface area contributed by atoms with Crippen molar-refractivity contribution in [2.24, 2.45) is 5.92 Å². The van der Waals surface area contributed by atoms with Gasteiger partial charge in [-0.1, -0.05) is 6.07 Å². The van der Waals surface area contributed by atoms with E-state index >= 15 is 0 Å². The van der Waals surface area contributed by atoms with Crippen molar-refractivity contribution in [1.82, 2.24) is 0 Å². The molecule has 0 N–H and O–H groups in total. The smallest absolute Gasteiger partial charge is 0.312 e. The van der Waals surface area contributed by atoms with Gasteiger partial charge in [0, 0.05) is 11.5 Å². The van der Waals surface area contributed by atoms with E-state index in [-0.39, 0.29) is 18.0 Å². The second kappa shape index (κ2) is 4.78. The number of ether oxygens (including phenoxy) is 2. The molecule has 2 rings (SSSR count). The van der Waals surface area contributed by atoms with Gasteiger partial charge in [0.05, 0.1) is 5.92 Å². The summed E-state index contributed by atoms with van der Waals surface area (Å²) in [6, 6.07) is 3.99. The minimum Gasteiger partial charge on any atom is -0.460 e. The molecule has 1 aromatic rings. The largest absolute Gasteiger partial charge is 0.460 e. The van der Waals surface area contributed by atoms with Crippen LogP contribution in [0.5, 0.6) is 0 Å². The normalized spacial score (nSPS) is 24.9. The molecule has 1 aromatic heterocycles. The van der Waals surface area contributed by atoms with Crippen LogP contribution >= 0.6 is 11.3 Å². The van der Waals surface area contributed by atoms with Gasteiger partial charge in [0.15, 0.2) is 0 Å². The van der Waals surface area contributed by atoms with E-state index in [1.165, 1.54) is 0 Å². The highest BCUT2D eigenvalue weighted by Crippen LogP contribution is 2.38. The molecule has 2 heterocycles. The summed E-state index contributed by atoms with van der Waals surface area (Å²) in [5.74, 6) is -0.304. The van der Waals surface area contributed by atoms with Crippen molar-refractivity contribution in [2.45, 2.75) is 38.9 Å². The third-order valence-electron chi connectivity index (χ3n) is 2.62. The molecule has 17 heavy (non-hydrogen) atoms. The minimum absolute atomic E-state index is 0.121. The average molecular weight is 254 g/mol. The van der Waals surface area contributed by atoms with Crippen molar-refractivity contribution in [2.75, 3.05) is 6.61 Å². The highest BCUT2D eigenvalue weighted by atomic mass is 32.1. The molecule has 4 heteroatoms. The van der Waals surface area contributed by atoms with Crippen LogP contribution in [0.1, 0.15) is 38.2 Å². The van der Waals surface area contributed by atoms with Gasteiger partial charge in [-0.3, -0.25) is 4.79 Å². The number of hydrogen-bond donors (Lipinski definition) is 0. The summed E-state index contributed by atoms with van der Waals surface area (Å²) in [5, 5.41) is 2.00. The molecular formula is C13H18O3S. The van der Waals surface area contributed by atoms with Gasteiger partial charge in [-0.15, -0.1) is 11.3 Å². The Kier molecular flexibility index (Phi) is 3.54. The summed E-state index contributed by atoms with van der Waals surface area (Å²) in [5.41, 5.74) is -0.431. The maximum atomic E-state index is 12.1. The minimum atomic E-state index is -0.431. The molecular weight excluding hydrogens is 236 g/mol. The second-order valence-corrected chi connectivity index (χ2v) is 6.21. The number of hydrogen-bond acceptors (Lipinski definition) is 4. The molecule has 0 spiro atoms. The lowest BCUT2D eigenvalue weighted by Gasteiger charge is -2.23. The molecule has 1 fully saturated rings. The molecule has 1 saturated heterocycles. The van der Waals surface area contributed by atoms with Crippen LogP contribution in [0.15, 0.2) is 17.5 Å². The van der Waals surface area contributed by atoms with E-state index in [9.17, 15) is 4.79 Å². The number of carbonyl (C=O) groups excluding carboxylic acids is 1. The molecule has 0 aliphatic carbocycles. The van der Waals surface area contributed by atoms with Crippen LogP contribution in [-0.2, 0) is 14.3 Å². The Balaban J connectivity index is 2.07. The highest BCUT2D eigenvalue weighted by molar-refractivity contribution is 7.10. The molecule has 0 bridgehead atoms. The monoisotopic (exact) mass is 254 g/mol. The first-order valence-corrected chi connectivity index (χ1v) is 6.73. The number of esters is 1. The van der Waals surface area contributed by atoms with Crippen molar-refractivity contribution in [3.05, 3.63) is 22.4 Å². The Hall–Kier alpha value is -0.870. The van der Waals surface area contributed by atoms with Gasteiger partial charge in [-0.05, 0) is 38.6 Å². The van der Waals surface area contributed by atoms with Crippen LogP contribution in [0.4, 0.5) is 0 Å². The summed E-state index contributed by atoms with van der Waals surface area (Å²) in [6.07, 6.45) is 0.627. The van der Waals surface area contributed by atoms with Gasteiger partial charge < -0.3 is 9.47 Å². The van der Waals surface area contributed by atoms with Crippen molar-refractivity contribution >= 4 is 17.3 Å². The van der Waals surface area contributed by atoms with Gasteiger partial charge in [0.2, 0.25) is 0 Å². The lowest BCUT2D eigenvalue weighted by Crippen LogP contribution is -2.29. The van der Waals surface area contributed by atoms with E-state index in [4.69, 9.17) is 9.47 Å². The van der Waals surface area contributed by atoms with E-state index in [1.54, 1.807) is 11.3 Å². The third-order valence-corrected chi connectivity index (χ3v) is 3.56. The fraction of sp³-hybridized carbons (Fsp3) is 0.615. The Morgan fingerprint density at radius 1 is 1.53 bits per heavy atom. The standard InChI is InChI=1S/C13H18O3S/c1-13(2,3)16-12(14)9-6-7-15-11(9)10-5-4-8-17-10/h4-5,8-9,11H,6-7H2,1-3H3/t9-,11-/m1/s1. The van der Waals surface area contributed by atoms with Crippen LogP contribution < -0.4 is 0 Å². The maximum Gasteiger partial charge on any atom is 0.312 e. The van der Waals surface area contributed by atoms with E-state index in [0.29, 0.717) is 6.61 Å². The molecule has 0 radical (unpaired) electrons. The lowest BCUT2D eigenvalue weighted by atomic mass is 10.00. The molecule has 1 aliphatic rings. The molecule has 94 valence electrons. The van der Waals surface area contributed by atoms with Crippen LogP contribution in [0.25, 0.3) is 0 Å². The number of thiophene rings is 1. The Morgan fingerprint density at radius 2 is 2.29 bits per heavy atom. The molecule has 0 aromatic carbocycles. The van der Waals surface area contributed by atoms with Gasteiger partial charge in [-0.25, -0.2) is 0 Å². The van der Waals surface area contributed by atoms with E-state index < -0.39 is 5.60 Å². The summed E-state index contributed by atoms with van der Waals surface area (Å²) in [7, 11) is 0. The molecule has 3 nitrogen and oxygen atoms in total. The predicted octanol–water partition coefficient (Wildman–Crippen LogP) is 3.17. The Labute approximate surface area is 106 Å². The maximum absolute atomic E-state index is 12.1. The van der Waals surface area contributed by atoms with Crippen LogP contribution in [0, 0.1) is 5.92 Å². The summed E-state index contributed by atoms with van der Waals surface area (Å²) in [4.78, 5) is 13.2. The fourth-order valence-corrected chi connectivity index (χ4v) is 2.78. The first kappa shape index (κ1) is 12.6. The zero-order valence-electron chi connectivity index (χ0n) is 10.4. The second-order valence-electron chi connectivity index (χ2n) is 5.24. The van der Waals surface area contributed by atoms with Crippen molar-refractivity contribution in [3.8, 4) is 0 Å². The molecule has 2 atom stereocenters. The van der Waals surface area contributed by atoms with Gasteiger partial charge >= 0.3 is 5.97 Å². The lowest BCUT2D eigenvalue weighted by molar-refractivity contribution is -0.161. The SMILES string of the molecule is CC(C)(C)OC(=O)[C@@H]1CCO[C@H]1c1cccs1. The first-order valence-electron chi connectivity index (χ1n) is 5.85. The Morgan fingerprint density at radius 3 is 2.88 bits per heavy atom. The van der Waals surface area contributed by atoms with Gasteiger partial charge in [0.25, 0.3) is 0 Å². The van der Waals surface area contributed by atoms with Crippen LogP contribution in [0.2, 0.25) is 0 Å². The molecule has 0 amide bonds. The highest BCUT2D eigenvalue weighted by Gasteiger charge is 2.38. The quantitative estimate of drug-likeness (QED) is 0.760. The molecule has 0 unspecified atom stereocenters. The number of rotatable bonds is 2. The predicted molar refractivity (Wildman–Crippen MR) is 67.0 cm³/mol. The van der Waals surface area contributed by atoms with Crippen molar-refractivity contribution in [1.29, 1.82) is 0 Å². The third kappa shape index (κ3) is 3.07. The molecule has 0 saturated carbocycles.